The number of Topliss-reactive ketones (excluding diaryl/α,β-unsaturated/α-hetero) is 1. The van der Waals surface area contributed by atoms with Crippen LogP contribution in [0.5, 0.6) is 0 Å². The van der Waals surface area contributed by atoms with Gasteiger partial charge in [-0.15, -0.1) is 0 Å². The smallest absolute Gasteiger partial charge is 0.323 e. The lowest BCUT2D eigenvalue weighted by molar-refractivity contribution is -0.126. The van der Waals surface area contributed by atoms with Crippen LogP contribution >= 0.6 is 0 Å². The van der Waals surface area contributed by atoms with E-state index in [0.717, 1.165) is 64.2 Å². The average molecular weight is 755 g/mol. The van der Waals surface area contributed by atoms with E-state index >= 15 is 0 Å². The molecule has 55 heavy (non-hydrogen) atoms. The molecule has 4 aromatic rings. The summed E-state index contributed by atoms with van der Waals surface area (Å²) in [4.78, 5) is 73.3. The molecule has 1 aromatic heterocycles. The summed E-state index contributed by atoms with van der Waals surface area (Å²) in [6, 6.07) is 15.0. The zero-order valence-corrected chi connectivity index (χ0v) is 32.5. The van der Waals surface area contributed by atoms with Crippen LogP contribution in [0.25, 0.3) is 11.0 Å². The van der Waals surface area contributed by atoms with Gasteiger partial charge in [0.1, 0.15) is 0 Å². The molecule has 0 aliphatic heterocycles. The number of carbonyl (C=O) groups is 4. The van der Waals surface area contributed by atoms with Crippen molar-refractivity contribution >= 4 is 51.6 Å². The number of hydrogen-bond donors (Lipinski definition) is 6. The van der Waals surface area contributed by atoms with Crippen LogP contribution in [0.3, 0.4) is 0 Å². The average Bonchev–Trinajstić information content (AvgIpc) is 3.55. The molecule has 15 nitrogen and oxygen atoms in total. The minimum Gasteiger partial charge on any atom is -0.352 e. The summed E-state index contributed by atoms with van der Waals surface area (Å²) in [6.07, 6.45) is 1.82. The Balaban J connectivity index is 1.41. The number of anilines is 2. The van der Waals surface area contributed by atoms with Crippen LogP contribution in [0.4, 0.5) is 17.1 Å². The highest BCUT2D eigenvalue weighted by atomic mass is 16.2. The molecule has 1 atom stereocenters. The van der Waals surface area contributed by atoms with E-state index in [1.807, 2.05) is 12.1 Å². The van der Waals surface area contributed by atoms with Gasteiger partial charge < -0.3 is 41.0 Å². The topological polar surface area (TPSA) is 196 Å². The van der Waals surface area contributed by atoms with Crippen molar-refractivity contribution in [1.29, 1.82) is 0 Å². The fraction of sp³-hybridized carbons (Fsp3) is 0.425. The second-order valence-corrected chi connectivity index (χ2v) is 13.2. The summed E-state index contributed by atoms with van der Waals surface area (Å²) in [5, 5.41) is 20.1. The normalized spacial score (nSPS) is 12.1. The standard InChI is InChI=1S/C40H54N10O5/c1-6-49(7-2)20-10-18-41-26-28-22-30(37(52)42-19-11-21-50(8-3)9-4)24-33(23-28)44-38(53)29-12-14-31(15-13-29)47-48-36(27(5)51)39(54)43-32-16-17-34-35(25-32)46-40(55)45-34/h12-17,22-25,36,41H,6-11,18-21,26H2,1-5H3,(H,42,52)(H,43,54)(H,44,53)(H2,45,46,55)/b48-47+. The molecule has 3 amide bonds. The predicted octanol–water partition coefficient (Wildman–Crippen LogP) is 5.07. The monoisotopic (exact) mass is 754 g/mol. The van der Waals surface area contributed by atoms with Crippen molar-refractivity contribution in [3.05, 3.63) is 87.8 Å². The van der Waals surface area contributed by atoms with Gasteiger partial charge in [0.05, 0.1) is 16.7 Å². The van der Waals surface area contributed by atoms with Crippen molar-refractivity contribution in [3.63, 3.8) is 0 Å². The number of carbonyl (C=O) groups excluding carboxylic acids is 4. The largest absolute Gasteiger partial charge is 0.352 e. The minimum absolute atomic E-state index is 0.205. The predicted molar refractivity (Wildman–Crippen MR) is 216 cm³/mol. The van der Waals surface area contributed by atoms with Crippen LogP contribution in [-0.4, -0.2) is 102 Å². The molecule has 0 saturated heterocycles. The Kier molecular flexibility index (Phi) is 16.4. The molecule has 0 spiro atoms. The highest BCUT2D eigenvalue weighted by Gasteiger charge is 2.23. The van der Waals surface area contributed by atoms with E-state index in [9.17, 15) is 24.0 Å². The number of aromatic nitrogens is 2. The third-order valence-electron chi connectivity index (χ3n) is 9.23. The third kappa shape index (κ3) is 13.1. The number of ketones is 1. The summed E-state index contributed by atoms with van der Waals surface area (Å²) >= 11 is 0. The van der Waals surface area contributed by atoms with Crippen molar-refractivity contribution in [2.24, 2.45) is 10.2 Å². The number of azo groups is 1. The summed E-state index contributed by atoms with van der Waals surface area (Å²) < 4.78 is 0. The molecule has 0 aliphatic rings. The molecule has 4 rings (SSSR count). The highest BCUT2D eigenvalue weighted by Crippen LogP contribution is 2.20. The van der Waals surface area contributed by atoms with E-state index in [1.54, 1.807) is 48.5 Å². The van der Waals surface area contributed by atoms with Crippen molar-refractivity contribution in [3.8, 4) is 0 Å². The fourth-order valence-electron chi connectivity index (χ4n) is 5.99. The Morgan fingerprint density at radius 1 is 0.709 bits per heavy atom. The van der Waals surface area contributed by atoms with Gasteiger partial charge in [-0.05, 0) is 132 Å². The van der Waals surface area contributed by atoms with Crippen molar-refractivity contribution in [2.45, 2.75) is 60.0 Å². The number of aromatic amines is 2. The number of amides is 3. The van der Waals surface area contributed by atoms with Gasteiger partial charge in [-0.3, -0.25) is 19.2 Å². The van der Waals surface area contributed by atoms with Crippen molar-refractivity contribution < 1.29 is 19.2 Å². The zero-order chi connectivity index (χ0) is 39.7. The molecule has 294 valence electrons. The van der Waals surface area contributed by atoms with Gasteiger partial charge in [0.15, 0.2) is 5.78 Å². The van der Waals surface area contributed by atoms with Gasteiger partial charge in [-0.2, -0.15) is 10.2 Å². The Morgan fingerprint density at radius 2 is 1.36 bits per heavy atom. The van der Waals surface area contributed by atoms with Crippen LogP contribution in [-0.2, 0) is 16.1 Å². The number of fused-ring (bicyclic) bond motifs is 1. The number of rotatable bonds is 22. The fourth-order valence-corrected chi connectivity index (χ4v) is 5.99. The van der Waals surface area contributed by atoms with Gasteiger partial charge in [-0.25, -0.2) is 4.79 Å². The Labute approximate surface area is 321 Å². The lowest BCUT2D eigenvalue weighted by Gasteiger charge is -2.18. The second kappa shape index (κ2) is 21.4. The number of hydrogen-bond acceptors (Lipinski definition) is 10. The second-order valence-electron chi connectivity index (χ2n) is 13.2. The maximum atomic E-state index is 13.4. The molecule has 3 aromatic carbocycles. The van der Waals surface area contributed by atoms with Crippen LogP contribution in [0.15, 0.2) is 75.7 Å². The first kappa shape index (κ1) is 42.2. The van der Waals surface area contributed by atoms with Crippen molar-refractivity contribution in [2.75, 3.05) is 63.0 Å². The third-order valence-corrected chi connectivity index (χ3v) is 9.23. The summed E-state index contributed by atoms with van der Waals surface area (Å²) in [5.41, 5.74) is 3.55. The zero-order valence-electron chi connectivity index (χ0n) is 32.5. The molecule has 1 unspecified atom stereocenters. The summed E-state index contributed by atoms with van der Waals surface area (Å²) in [7, 11) is 0. The first-order valence-corrected chi connectivity index (χ1v) is 19.0. The molecular formula is C40H54N10O5. The SMILES string of the molecule is CCN(CC)CCCNCc1cc(NC(=O)c2ccc(/N=N/C(C(C)=O)C(=O)Nc3ccc4[nH]c(=O)[nH]c4c3)cc2)cc(C(=O)NCCCN(CC)CC)c1. The maximum absolute atomic E-state index is 13.4. The lowest BCUT2D eigenvalue weighted by Crippen LogP contribution is -2.31. The van der Waals surface area contributed by atoms with E-state index in [-0.39, 0.29) is 17.5 Å². The van der Waals surface area contributed by atoms with E-state index < -0.39 is 17.7 Å². The molecule has 15 heteroatoms. The Morgan fingerprint density at radius 3 is 2.02 bits per heavy atom. The minimum atomic E-state index is -1.41. The molecule has 0 bridgehead atoms. The Hall–Kier alpha value is -5.51. The van der Waals surface area contributed by atoms with Crippen LogP contribution in [0.1, 0.15) is 73.7 Å². The Bertz CT molecular complexity index is 1980. The van der Waals surface area contributed by atoms with Gasteiger partial charge in [-0.1, -0.05) is 27.7 Å². The highest BCUT2D eigenvalue weighted by molar-refractivity contribution is 6.10. The van der Waals surface area contributed by atoms with Gasteiger partial charge in [0.25, 0.3) is 17.7 Å². The molecular weight excluding hydrogens is 701 g/mol. The maximum Gasteiger partial charge on any atom is 0.323 e. The molecule has 0 aliphatic carbocycles. The van der Waals surface area contributed by atoms with Crippen LogP contribution < -0.4 is 27.0 Å². The number of H-pyrrole nitrogens is 2. The molecule has 6 N–H and O–H groups in total. The summed E-state index contributed by atoms with van der Waals surface area (Å²) in [5.74, 6) is -1.80. The van der Waals surface area contributed by atoms with Crippen LogP contribution in [0, 0.1) is 0 Å². The number of imidazole rings is 1. The van der Waals surface area contributed by atoms with Crippen molar-refractivity contribution in [1.82, 2.24) is 30.4 Å². The number of nitrogens with one attached hydrogen (secondary N) is 6. The number of nitrogens with zero attached hydrogens (tertiary/aromatic N) is 4. The van der Waals surface area contributed by atoms with E-state index in [1.165, 1.54) is 6.92 Å². The van der Waals surface area contributed by atoms with E-state index in [2.05, 4.69) is 79.0 Å². The molecule has 0 radical (unpaired) electrons. The van der Waals surface area contributed by atoms with E-state index in [4.69, 9.17) is 0 Å². The quantitative estimate of drug-likeness (QED) is 0.0363. The number of benzene rings is 3. The molecule has 0 saturated carbocycles. The molecule has 1 heterocycles. The first-order valence-electron chi connectivity index (χ1n) is 19.0. The van der Waals surface area contributed by atoms with Gasteiger partial charge in [0.2, 0.25) is 6.04 Å². The lowest BCUT2D eigenvalue weighted by atomic mass is 10.1. The van der Waals surface area contributed by atoms with Gasteiger partial charge >= 0.3 is 5.69 Å². The van der Waals surface area contributed by atoms with E-state index in [0.29, 0.717) is 52.3 Å². The van der Waals surface area contributed by atoms with Crippen LogP contribution in [0.2, 0.25) is 0 Å². The molecule has 0 fully saturated rings. The van der Waals surface area contributed by atoms with Gasteiger partial charge in [0, 0.05) is 35.6 Å². The first-order chi connectivity index (χ1) is 26.5. The summed E-state index contributed by atoms with van der Waals surface area (Å²) in [6.45, 7) is 17.5.